The zero-order valence-electron chi connectivity index (χ0n) is 6.18. The van der Waals surface area contributed by atoms with Gasteiger partial charge in [0.25, 0.3) is 0 Å². The summed E-state index contributed by atoms with van der Waals surface area (Å²) in [6, 6.07) is 0. The van der Waals surface area contributed by atoms with Gasteiger partial charge in [-0.25, -0.2) is 0 Å². The Morgan fingerprint density at radius 2 is 2.00 bits per heavy atom. The van der Waals surface area contributed by atoms with Crippen LogP contribution < -0.4 is 0 Å². The minimum atomic E-state index is -0.177. The second-order valence-electron chi connectivity index (χ2n) is 2.90. The molecule has 9 heavy (non-hydrogen) atoms. The van der Waals surface area contributed by atoms with Gasteiger partial charge in [0, 0.05) is 0 Å². The molecule has 0 aromatic heterocycles. The Morgan fingerprint density at radius 1 is 1.56 bits per heavy atom. The maximum atomic E-state index is 10.1. The Bertz CT molecular complexity index is 95.7. The summed E-state index contributed by atoms with van der Waals surface area (Å²) in [4.78, 5) is 10.1. The normalized spacial score (nSPS) is 15.2. The summed E-state index contributed by atoms with van der Waals surface area (Å²) in [6.45, 7) is 5.83. The fourth-order valence-corrected chi connectivity index (χ4v) is 1.53. The van der Waals surface area contributed by atoms with Crippen molar-refractivity contribution < 1.29 is 27.8 Å². The van der Waals surface area contributed by atoms with Crippen molar-refractivity contribution in [2.24, 2.45) is 0 Å². The van der Waals surface area contributed by atoms with Gasteiger partial charge in [-0.2, -0.15) is 0 Å². The van der Waals surface area contributed by atoms with E-state index in [-0.39, 0.29) is 10.3 Å². The first-order chi connectivity index (χ1) is 3.95. The molecule has 0 spiro atoms. The standard InChI is InChI=1S/C6H11O2.Zn/c1-6(2,3)8-5-4-7;/h4-5H,1-3H3;. The quantitative estimate of drug-likeness (QED) is 0.466. The molecule has 2 nitrogen and oxygen atoms in total. The van der Waals surface area contributed by atoms with Crippen molar-refractivity contribution >= 4 is 6.29 Å². The fraction of sp³-hybridized carbons (Fsp3) is 0.833. The van der Waals surface area contributed by atoms with Gasteiger partial charge < -0.3 is 0 Å². The van der Waals surface area contributed by atoms with Crippen LogP contribution in [-0.4, -0.2) is 16.6 Å². The summed E-state index contributed by atoms with van der Waals surface area (Å²) in [5, 5.41) is 0. The summed E-state index contributed by atoms with van der Waals surface area (Å²) in [5.41, 5.74) is -0.177. The molecule has 1 atom stereocenters. The van der Waals surface area contributed by atoms with Gasteiger partial charge in [-0.1, -0.05) is 0 Å². The second-order valence-corrected chi connectivity index (χ2v) is 4.59. The molecule has 49 valence electrons. The van der Waals surface area contributed by atoms with Crippen molar-refractivity contribution in [3.63, 3.8) is 0 Å². The summed E-state index contributed by atoms with van der Waals surface area (Å²) < 4.78 is 5.11. The number of ether oxygens (including phenoxy) is 1. The van der Waals surface area contributed by atoms with Crippen LogP contribution in [0.4, 0.5) is 0 Å². The van der Waals surface area contributed by atoms with Gasteiger partial charge in [-0.05, 0) is 0 Å². The zero-order valence-corrected chi connectivity index (χ0v) is 9.15. The minimum absolute atomic E-state index is 0.162. The molecular weight excluding hydrogens is 169 g/mol. The van der Waals surface area contributed by atoms with Gasteiger partial charge in [0.15, 0.2) is 0 Å². The van der Waals surface area contributed by atoms with E-state index in [4.69, 9.17) is 4.74 Å². The molecule has 1 unspecified atom stereocenters. The van der Waals surface area contributed by atoms with Gasteiger partial charge in [-0.15, -0.1) is 0 Å². The average Bonchev–Trinajstić information content (AvgIpc) is 1.62. The molecule has 0 saturated carbocycles. The molecule has 0 N–H and O–H groups in total. The van der Waals surface area contributed by atoms with Crippen LogP contribution in [0.5, 0.6) is 0 Å². The van der Waals surface area contributed by atoms with Gasteiger partial charge in [0.1, 0.15) is 0 Å². The summed E-state index contributed by atoms with van der Waals surface area (Å²) in [6.07, 6.45) is 0.852. The number of carbonyl (C=O) groups is 1. The van der Waals surface area contributed by atoms with Gasteiger partial charge in [0.2, 0.25) is 0 Å². The number of hydrogen-bond donors (Lipinski definition) is 0. The van der Waals surface area contributed by atoms with Crippen molar-refractivity contribution in [3.8, 4) is 0 Å². The molecular formula is C6H11O2Zn. The van der Waals surface area contributed by atoms with Gasteiger partial charge in [0.05, 0.1) is 0 Å². The Morgan fingerprint density at radius 3 is 2.11 bits per heavy atom. The summed E-state index contributed by atoms with van der Waals surface area (Å²) in [7, 11) is 0. The van der Waals surface area contributed by atoms with E-state index in [9.17, 15) is 4.79 Å². The second kappa shape index (κ2) is 3.43. The third kappa shape index (κ3) is 6.13. The predicted molar refractivity (Wildman–Crippen MR) is 30.7 cm³/mol. The molecule has 0 aromatic rings. The SMILES string of the molecule is CC(C)(C)O[CH]([Zn])C=O. The van der Waals surface area contributed by atoms with Crippen LogP contribution in [0.25, 0.3) is 0 Å². The molecule has 0 aliphatic heterocycles. The number of carbonyl (C=O) groups excluding carboxylic acids is 1. The van der Waals surface area contributed by atoms with Crippen LogP contribution in [0.2, 0.25) is 0 Å². The third-order valence-corrected chi connectivity index (χ3v) is 1.41. The molecule has 0 aromatic carbocycles. The van der Waals surface area contributed by atoms with E-state index < -0.39 is 0 Å². The molecule has 0 rings (SSSR count). The van der Waals surface area contributed by atoms with Crippen LogP contribution in [0.15, 0.2) is 0 Å². The van der Waals surface area contributed by atoms with Crippen LogP contribution >= 0.6 is 0 Å². The monoisotopic (exact) mass is 179 g/mol. The van der Waals surface area contributed by atoms with E-state index in [2.05, 4.69) is 0 Å². The molecule has 0 saturated heterocycles. The van der Waals surface area contributed by atoms with Crippen LogP contribution in [-0.2, 0) is 27.8 Å². The first-order valence-electron chi connectivity index (χ1n) is 2.92. The van der Waals surface area contributed by atoms with E-state index in [1.54, 1.807) is 0 Å². The Hall–Kier alpha value is 0.253. The molecule has 0 aliphatic carbocycles. The van der Waals surface area contributed by atoms with Crippen LogP contribution in [0.3, 0.4) is 0 Å². The molecule has 0 fully saturated rings. The zero-order chi connectivity index (χ0) is 7.49. The topological polar surface area (TPSA) is 26.3 Å². The number of rotatable bonds is 2. The van der Waals surface area contributed by atoms with Crippen LogP contribution in [0.1, 0.15) is 20.8 Å². The van der Waals surface area contributed by atoms with Gasteiger partial charge in [-0.3, -0.25) is 0 Å². The molecule has 0 radical (unpaired) electrons. The molecule has 0 aliphatic rings. The van der Waals surface area contributed by atoms with Crippen molar-refractivity contribution in [1.29, 1.82) is 0 Å². The predicted octanol–water partition coefficient (Wildman–Crippen LogP) is 0.873. The summed E-state index contributed by atoms with van der Waals surface area (Å²) in [5.74, 6) is 0. The van der Waals surface area contributed by atoms with E-state index in [1.165, 1.54) is 0 Å². The fourth-order valence-electron chi connectivity index (χ4n) is 0.482. The van der Waals surface area contributed by atoms with Crippen molar-refractivity contribution in [1.82, 2.24) is 0 Å². The Labute approximate surface area is 65.6 Å². The first-order valence-corrected chi connectivity index (χ1v) is 4.63. The first kappa shape index (κ1) is 9.25. The number of hydrogen-bond acceptors (Lipinski definition) is 2. The molecule has 0 bridgehead atoms. The summed E-state index contributed by atoms with van der Waals surface area (Å²) >= 11 is 0.876. The maximum absolute atomic E-state index is 10.1. The van der Waals surface area contributed by atoms with E-state index in [0.717, 1.165) is 24.6 Å². The molecule has 0 amide bonds. The Balaban J connectivity index is 3.59. The van der Waals surface area contributed by atoms with Gasteiger partial charge >= 0.3 is 65.2 Å². The van der Waals surface area contributed by atoms with E-state index in [1.807, 2.05) is 20.8 Å². The van der Waals surface area contributed by atoms with Crippen molar-refractivity contribution in [2.75, 3.05) is 0 Å². The molecule has 0 heterocycles. The van der Waals surface area contributed by atoms with Crippen LogP contribution in [0, 0.1) is 0 Å². The van der Waals surface area contributed by atoms with Crippen molar-refractivity contribution in [3.05, 3.63) is 0 Å². The number of aldehydes is 1. The van der Waals surface area contributed by atoms with Crippen molar-refractivity contribution in [2.45, 2.75) is 31.1 Å². The molecule has 3 heteroatoms. The Kier molecular flexibility index (Phi) is 3.53. The van der Waals surface area contributed by atoms with E-state index >= 15 is 0 Å². The third-order valence-electron chi connectivity index (χ3n) is 0.657. The van der Waals surface area contributed by atoms with E-state index in [0.29, 0.717) is 0 Å². The average molecular weight is 181 g/mol.